The quantitative estimate of drug-likeness (QED) is 0.821. The fourth-order valence-electron chi connectivity index (χ4n) is 2.65. The van der Waals surface area contributed by atoms with Crippen LogP contribution in [0, 0.1) is 20.8 Å². The molecule has 2 unspecified atom stereocenters. The molecule has 1 aromatic carbocycles. The van der Waals surface area contributed by atoms with Crippen LogP contribution in [0.15, 0.2) is 12.1 Å². The standard InChI is InChI=1S/C15H24N2/c1-10-8-9-14(12(3)11(10)2)17-15-7-5-4-6-13(15)16/h8-9,13,15,17H,4-7,16H2,1-3H3. The Labute approximate surface area is 105 Å². The Morgan fingerprint density at radius 1 is 1.06 bits per heavy atom. The zero-order chi connectivity index (χ0) is 12.4. The van der Waals surface area contributed by atoms with Crippen molar-refractivity contribution >= 4 is 5.69 Å². The molecule has 0 saturated heterocycles. The van der Waals surface area contributed by atoms with Crippen LogP contribution in [0.25, 0.3) is 0 Å². The summed E-state index contributed by atoms with van der Waals surface area (Å²) < 4.78 is 0. The van der Waals surface area contributed by atoms with Crippen molar-refractivity contribution in [2.45, 2.75) is 58.5 Å². The van der Waals surface area contributed by atoms with E-state index in [0.717, 1.165) is 6.42 Å². The van der Waals surface area contributed by atoms with Crippen LogP contribution in [-0.4, -0.2) is 12.1 Å². The van der Waals surface area contributed by atoms with E-state index >= 15 is 0 Å². The Morgan fingerprint density at radius 2 is 1.76 bits per heavy atom. The highest BCUT2D eigenvalue weighted by atomic mass is 15.0. The van der Waals surface area contributed by atoms with E-state index in [4.69, 9.17) is 5.73 Å². The van der Waals surface area contributed by atoms with E-state index in [1.807, 2.05) is 0 Å². The lowest BCUT2D eigenvalue weighted by molar-refractivity contribution is 0.404. The average Bonchev–Trinajstić information content (AvgIpc) is 2.32. The van der Waals surface area contributed by atoms with Gasteiger partial charge in [0, 0.05) is 17.8 Å². The lowest BCUT2D eigenvalue weighted by Gasteiger charge is -2.31. The molecule has 3 N–H and O–H groups in total. The second kappa shape index (κ2) is 5.09. The normalized spacial score (nSPS) is 24.7. The van der Waals surface area contributed by atoms with Crippen LogP contribution < -0.4 is 11.1 Å². The van der Waals surface area contributed by atoms with Crippen molar-refractivity contribution in [1.82, 2.24) is 0 Å². The number of rotatable bonds is 2. The van der Waals surface area contributed by atoms with E-state index in [1.54, 1.807) is 0 Å². The van der Waals surface area contributed by atoms with E-state index in [0.29, 0.717) is 12.1 Å². The summed E-state index contributed by atoms with van der Waals surface area (Å²) in [6.07, 6.45) is 4.94. The maximum Gasteiger partial charge on any atom is 0.0412 e. The highest BCUT2D eigenvalue weighted by Gasteiger charge is 2.21. The number of hydrogen-bond donors (Lipinski definition) is 2. The largest absolute Gasteiger partial charge is 0.381 e. The molecule has 0 radical (unpaired) electrons. The molecule has 94 valence electrons. The molecule has 1 aromatic rings. The maximum atomic E-state index is 6.18. The van der Waals surface area contributed by atoms with Crippen molar-refractivity contribution in [2.24, 2.45) is 5.73 Å². The van der Waals surface area contributed by atoms with Crippen molar-refractivity contribution in [1.29, 1.82) is 0 Å². The first kappa shape index (κ1) is 12.4. The van der Waals surface area contributed by atoms with Gasteiger partial charge >= 0.3 is 0 Å². The van der Waals surface area contributed by atoms with Gasteiger partial charge in [-0.3, -0.25) is 0 Å². The SMILES string of the molecule is Cc1ccc(NC2CCCCC2N)c(C)c1C. The van der Waals surface area contributed by atoms with Gasteiger partial charge in [-0.2, -0.15) is 0 Å². The topological polar surface area (TPSA) is 38.0 Å². The zero-order valence-corrected chi connectivity index (χ0v) is 11.2. The van der Waals surface area contributed by atoms with Crippen LogP contribution in [0.3, 0.4) is 0 Å². The Bertz CT molecular complexity index is 398. The number of anilines is 1. The Morgan fingerprint density at radius 3 is 2.47 bits per heavy atom. The molecule has 2 heteroatoms. The molecule has 1 saturated carbocycles. The van der Waals surface area contributed by atoms with Crippen LogP contribution in [0.5, 0.6) is 0 Å². The first-order valence-corrected chi connectivity index (χ1v) is 6.68. The van der Waals surface area contributed by atoms with E-state index in [2.05, 4.69) is 38.2 Å². The van der Waals surface area contributed by atoms with E-state index in [9.17, 15) is 0 Å². The number of benzene rings is 1. The average molecular weight is 232 g/mol. The fourth-order valence-corrected chi connectivity index (χ4v) is 2.65. The lowest BCUT2D eigenvalue weighted by Crippen LogP contribution is -2.42. The summed E-state index contributed by atoms with van der Waals surface area (Å²) in [6, 6.07) is 5.15. The van der Waals surface area contributed by atoms with Crippen LogP contribution in [-0.2, 0) is 0 Å². The molecular weight excluding hydrogens is 208 g/mol. The summed E-state index contributed by atoms with van der Waals surface area (Å²) in [7, 11) is 0. The van der Waals surface area contributed by atoms with Gasteiger partial charge in [0.25, 0.3) is 0 Å². The third-order valence-corrected chi connectivity index (χ3v) is 4.22. The predicted octanol–water partition coefficient (Wildman–Crippen LogP) is 3.29. The first-order valence-electron chi connectivity index (χ1n) is 6.68. The molecule has 2 rings (SSSR count). The molecular formula is C15H24N2. The number of nitrogens with one attached hydrogen (secondary N) is 1. The summed E-state index contributed by atoms with van der Waals surface area (Å²) in [5.41, 5.74) is 11.6. The van der Waals surface area contributed by atoms with E-state index in [-0.39, 0.29) is 0 Å². The lowest BCUT2D eigenvalue weighted by atomic mass is 9.90. The zero-order valence-electron chi connectivity index (χ0n) is 11.2. The Balaban J connectivity index is 2.15. The fraction of sp³-hybridized carbons (Fsp3) is 0.600. The highest BCUT2D eigenvalue weighted by Crippen LogP contribution is 2.26. The summed E-state index contributed by atoms with van der Waals surface area (Å²) in [5.74, 6) is 0. The molecule has 0 aliphatic heterocycles. The summed E-state index contributed by atoms with van der Waals surface area (Å²) in [5, 5.41) is 3.64. The smallest absolute Gasteiger partial charge is 0.0412 e. The number of hydrogen-bond acceptors (Lipinski definition) is 2. The van der Waals surface area contributed by atoms with Gasteiger partial charge in [0.1, 0.15) is 0 Å². The molecule has 0 heterocycles. The minimum absolute atomic E-state index is 0.310. The van der Waals surface area contributed by atoms with Crippen LogP contribution >= 0.6 is 0 Å². The van der Waals surface area contributed by atoms with Gasteiger partial charge in [0.2, 0.25) is 0 Å². The summed E-state index contributed by atoms with van der Waals surface area (Å²) in [6.45, 7) is 6.55. The third-order valence-electron chi connectivity index (χ3n) is 4.22. The van der Waals surface area contributed by atoms with Gasteiger partial charge in [0.05, 0.1) is 0 Å². The van der Waals surface area contributed by atoms with Gasteiger partial charge in [-0.25, -0.2) is 0 Å². The molecule has 1 aliphatic rings. The van der Waals surface area contributed by atoms with E-state index < -0.39 is 0 Å². The van der Waals surface area contributed by atoms with Crippen molar-refractivity contribution in [3.8, 4) is 0 Å². The number of nitrogens with two attached hydrogens (primary N) is 1. The highest BCUT2D eigenvalue weighted by molar-refractivity contribution is 5.56. The van der Waals surface area contributed by atoms with Crippen LogP contribution in [0.1, 0.15) is 42.4 Å². The van der Waals surface area contributed by atoms with Crippen molar-refractivity contribution in [3.63, 3.8) is 0 Å². The van der Waals surface area contributed by atoms with Crippen molar-refractivity contribution in [3.05, 3.63) is 28.8 Å². The molecule has 1 fully saturated rings. The number of aryl methyl sites for hydroxylation is 1. The molecule has 2 atom stereocenters. The van der Waals surface area contributed by atoms with Crippen LogP contribution in [0.4, 0.5) is 5.69 Å². The third kappa shape index (κ3) is 2.63. The molecule has 2 nitrogen and oxygen atoms in total. The van der Waals surface area contributed by atoms with Gasteiger partial charge in [-0.05, 0) is 56.4 Å². The molecule has 0 bridgehead atoms. The Hall–Kier alpha value is -1.02. The second-order valence-electron chi connectivity index (χ2n) is 5.38. The minimum Gasteiger partial charge on any atom is -0.381 e. The molecule has 17 heavy (non-hydrogen) atoms. The van der Waals surface area contributed by atoms with Gasteiger partial charge in [0.15, 0.2) is 0 Å². The Kier molecular flexibility index (Phi) is 3.72. The minimum atomic E-state index is 0.310. The summed E-state index contributed by atoms with van der Waals surface area (Å²) in [4.78, 5) is 0. The second-order valence-corrected chi connectivity index (χ2v) is 5.38. The summed E-state index contributed by atoms with van der Waals surface area (Å²) >= 11 is 0. The molecule has 1 aliphatic carbocycles. The molecule has 0 spiro atoms. The van der Waals surface area contributed by atoms with Crippen molar-refractivity contribution < 1.29 is 0 Å². The maximum absolute atomic E-state index is 6.18. The van der Waals surface area contributed by atoms with Crippen LogP contribution in [0.2, 0.25) is 0 Å². The monoisotopic (exact) mass is 232 g/mol. The van der Waals surface area contributed by atoms with Gasteiger partial charge in [-0.1, -0.05) is 18.9 Å². The molecule has 0 aromatic heterocycles. The predicted molar refractivity (Wildman–Crippen MR) is 74.5 cm³/mol. The van der Waals surface area contributed by atoms with E-state index in [1.165, 1.54) is 41.6 Å². The van der Waals surface area contributed by atoms with Gasteiger partial charge in [-0.15, -0.1) is 0 Å². The van der Waals surface area contributed by atoms with Crippen molar-refractivity contribution in [2.75, 3.05) is 5.32 Å². The first-order chi connectivity index (χ1) is 8.09. The van der Waals surface area contributed by atoms with Gasteiger partial charge < -0.3 is 11.1 Å². The molecule has 0 amide bonds.